The van der Waals surface area contributed by atoms with Gasteiger partial charge in [-0.1, -0.05) is 18.2 Å². The fraction of sp³-hybridized carbons (Fsp3) is 0.444. The number of fused-ring (bicyclic) bond motifs is 3. The average molecular weight is 474 g/mol. The van der Waals surface area contributed by atoms with Crippen LogP contribution in [0.25, 0.3) is 27.8 Å². The van der Waals surface area contributed by atoms with E-state index in [1.165, 1.54) is 0 Å². The van der Waals surface area contributed by atoms with Gasteiger partial charge in [0, 0.05) is 31.7 Å². The zero-order valence-corrected chi connectivity index (χ0v) is 21.3. The molecule has 0 bridgehead atoms. The Morgan fingerprint density at radius 3 is 2.40 bits per heavy atom. The minimum absolute atomic E-state index is 0.443. The van der Waals surface area contributed by atoms with Gasteiger partial charge in [-0.05, 0) is 76.8 Å². The maximum Gasteiger partial charge on any atom is 0.232 e. The zero-order valence-electron chi connectivity index (χ0n) is 21.3. The number of rotatable bonds is 7. The normalized spacial score (nSPS) is 19.2. The van der Waals surface area contributed by atoms with Crippen LogP contribution in [0, 0.1) is 0 Å². The van der Waals surface area contributed by atoms with Crippen LogP contribution in [0.2, 0.25) is 0 Å². The second kappa shape index (κ2) is 9.79. The molecule has 1 saturated heterocycles. The SMILES string of the molecule is C[C@@H]1CN(c2nnc3cnc4ccc(-c5ccc(OCCCN(C)C)cc5)cc4n23)C[C@H](C)N1C. The summed E-state index contributed by atoms with van der Waals surface area (Å²) in [6.45, 7) is 8.10. The molecule has 0 aliphatic carbocycles. The first-order valence-corrected chi connectivity index (χ1v) is 12.4. The van der Waals surface area contributed by atoms with Gasteiger partial charge in [-0.15, -0.1) is 10.2 Å². The van der Waals surface area contributed by atoms with E-state index in [2.05, 4.69) is 99.6 Å². The standard InChI is InChI=1S/C27H35N7O/c1-19-17-33(18-20(2)32(19)5)27-30-29-26-16-28-24-12-9-22(15-25(24)34(26)27)21-7-10-23(11-8-21)35-14-6-13-31(3)4/h7-12,15-16,19-20H,6,13-14,17-18H2,1-5H3/t19-,20+. The number of aromatic nitrogens is 4. The third-order valence-electron chi connectivity index (χ3n) is 7.06. The van der Waals surface area contributed by atoms with E-state index in [0.29, 0.717) is 12.1 Å². The molecule has 2 aromatic carbocycles. The summed E-state index contributed by atoms with van der Waals surface area (Å²) in [5.74, 6) is 1.79. The predicted octanol–water partition coefficient (Wildman–Crippen LogP) is 3.80. The lowest BCUT2D eigenvalue weighted by Crippen LogP contribution is -2.55. The Morgan fingerprint density at radius 2 is 1.69 bits per heavy atom. The molecular weight excluding hydrogens is 438 g/mol. The second-order valence-electron chi connectivity index (χ2n) is 9.95. The third-order valence-corrected chi connectivity index (χ3v) is 7.06. The highest BCUT2D eigenvalue weighted by Gasteiger charge is 2.29. The maximum absolute atomic E-state index is 5.91. The molecule has 0 amide bonds. The summed E-state index contributed by atoms with van der Waals surface area (Å²) in [7, 11) is 6.35. The molecule has 1 aliphatic rings. The van der Waals surface area contributed by atoms with Crippen LogP contribution >= 0.6 is 0 Å². The lowest BCUT2D eigenvalue weighted by atomic mass is 10.0. The molecule has 3 heterocycles. The summed E-state index contributed by atoms with van der Waals surface area (Å²) in [6, 6.07) is 15.6. The van der Waals surface area contributed by atoms with Crippen molar-refractivity contribution >= 4 is 22.6 Å². The van der Waals surface area contributed by atoms with Crippen LogP contribution in [0.3, 0.4) is 0 Å². The first-order chi connectivity index (χ1) is 16.9. The third kappa shape index (κ3) is 4.81. The van der Waals surface area contributed by atoms with Gasteiger partial charge >= 0.3 is 0 Å². The van der Waals surface area contributed by atoms with Gasteiger partial charge in [0.05, 0.1) is 23.8 Å². The van der Waals surface area contributed by atoms with Crippen molar-refractivity contribution in [2.24, 2.45) is 0 Å². The quantitative estimate of drug-likeness (QED) is 0.378. The zero-order chi connectivity index (χ0) is 24.5. The number of benzene rings is 2. The molecule has 35 heavy (non-hydrogen) atoms. The minimum Gasteiger partial charge on any atom is -0.494 e. The van der Waals surface area contributed by atoms with E-state index in [4.69, 9.17) is 4.74 Å². The lowest BCUT2D eigenvalue weighted by molar-refractivity contribution is 0.169. The molecule has 184 valence electrons. The summed E-state index contributed by atoms with van der Waals surface area (Å²) in [4.78, 5) is 11.6. The molecule has 1 fully saturated rings. The van der Waals surface area contributed by atoms with Crippen molar-refractivity contribution in [3.8, 4) is 16.9 Å². The molecule has 0 saturated carbocycles. The van der Waals surface area contributed by atoms with E-state index in [9.17, 15) is 0 Å². The first-order valence-electron chi connectivity index (χ1n) is 12.4. The smallest absolute Gasteiger partial charge is 0.232 e. The van der Waals surface area contributed by atoms with Crippen molar-refractivity contribution in [2.45, 2.75) is 32.4 Å². The van der Waals surface area contributed by atoms with Crippen molar-refractivity contribution < 1.29 is 4.74 Å². The topological polar surface area (TPSA) is 62.0 Å². The van der Waals surface area contributed by atoms with E-state index >= 15 is 0 Å². The van der Waals surface area contributed by atoms with E-state index in [0.717, 1.165) is 72.2 Å². The van der Waals surface area contributed by atoms with Crippen LogP contribution < -0.4 is 9.64 Å². The minimum atomic E-state index is 0.443. The molecule has 0 spiro atoms. The molecule has 2 aromatic heterocycles. The summed E-state index contributed by atoms with van der Waals surface area (Å²) >= 11 is 0. The molecule has 0 N–H and O–H groups in total. The molecule has 1 aliphatic heterocycles. The van der Waals surface area contributed by atoms with Crippen LogP contribution in [-0.4, -0.2) is 88.8 Å². The van der Waals surface area contributed by atoms with Gasteiger partial charge in [0.25, 0.3) is 0 Å². The molecule has 2 atom stereocenters. The number of hydrogen-bond donors (Lipinski definition) is 0. The Morgan fingerprint density at radius 1 is 0.971 bits per heavy atom. The van der Waals surface area contributed by atoms with Crippen molar-refractivity contribution in [1.82, 2.24) is 29.4 Å². The van der Waals surface area contributed by atoms with Gasteiger partial charge in [-0.25, -0.2) is 0 Å². The number of ether oxygens (including phenoxy) is 1. The number of likely N-dealkylation sites (N-methyl/N-ethyl adjacent to an activating group) is 1. The van der Waals surface area contributed by atoms with E-state index < -0.39 is 0 Å². The molecule has 8 heteroatoms. The molecule has 5 rings (SSSR count). The van der Waals surface area contributed by atoms with Gasteiger partial charge in [-0.2, -0.15) is 0 Å². The van der Waals surface area contributed by atoms with Crippen LogP contribution in [0.5, 0.6) is 5.75 Å². The summed E-state index contributed by atoms with van der Waals surface area (Å²) in [6.07, 6.45) is 2.82. The molecular formula is C27H35N7O. The van der Waals surface area contributed by atoms with Gasteiger partial charge in [0.2, 0.25) is 5.95 Å². The fourth-order valence-electron chi connectivity index (χ4n) is 4.81. The van der Waals surface area contributed by atoms with Crippen molar-refractivity contribution in [3.63, 3.8) is 0 Å². The van der Waals surface area contributed by atoms with Gasteiger partial charge < -0.3 is 14.5 Å². The Balaban J connectivity index is 1.44. The van der Waals surface area contributed by atoms with E-state index in [1.807, 2.05) is 18.3 Å². The van der Waals surface area contributed by atoms with Crippen LogP contribution in [0.1, 0.15) is 20.3 Å². The Bertz CT molecular complexity index is 1290. The van der Waals surface area contributed by atoms with E-state index in [-0.39, 0.29) is 0 Å². The number of anilines is 1. The summed E-state index contributed by atoms with van der Waals surface area (Å²) < 4.78 is 8.06. The molecule has 4 aromatic rings. The largest absolute Gasteiger partial charge is 0.494 e. The highest BCUT2D eigenvalue weighted by molar-refractivity contribution is 5.84. The van der Waals surface area contributed by atoms with Gasteiger partial charge in [0.15, 0.2) is 5.65 Å². The van der Waals surface area contributed by atoms with Crippen molar-refractivity contribution in [2.75, 3.05) is 52.3 Å². The monoisotopic (exact) mass is 473 g/mol. The predicted molar refractivity (Wildman–Crippen MR) is 141 cm³/mol. The molecule has 8 nitrogen and oxygen atoms in total. The van der Waals surface area contributed by atoms with Crippen molar-refractivity contribution in [1.29, 1.82) is 0 Å². The Hall–Kier alpha value is -3.23. The van der Waals surface area contributed by atoms with Gasteiger partial charge in [-0.3, -0.25) is 14.3 Å². The average Bonchev–Trinajstić information content (AvgIpc) is 3.30. The summed E-state index contributed by atoms with van der Waals surface area (Å²) in [5, 5.41) is 9.03. The number of nitrogens with zero attached hydrogens (tertiary/aromatic N) is 7. The first kappa shape index (κ1) is 23.5. The van der Waals surface area contributed by atoms with Crippen LogP contribution in [-0.2, 0) is 0 Å². The molecule has 0 unspecified atom stereocenters. The fourth-order valence-corrected chi connectivity index (χ4v) is 4.81. The van der Waals surface area contributed by atoms with Crippen LogP contribution in [0.15, 0.2) is 48.7 Å². The Labute approximate surface area is 207 Å². The highest BCUT2D eigenvalue weighted by atomic mass is 16.5. The number of piperazine rings is 1. The van der Waals surface area contributed by atoms with E-state index in [1.54, 1.807) is 0 Å². The lowest BCUT2D eigenvalue weighted by Gasteiger charge is -2.42. The Kier molecular flexibility index (Phi) is 6.58. The maximum atomic E-state index is 5.91. The second-order valence-corrected chi connectivity index (χ2v) is 9.95. The molecule has 0 radical (unpaired) electrons. The summed E-state index contributed by atoms with van der Waals surface area (Å²) in [5.41, 5.74) is 4.98. The number of hydrogen-bond acceptors (Lipinski definition) is 7. The highest BCUT2D eigenvalue weighted by Crippen LogP contribution is 2.29. The van der Waals surface area contributed by atoms with Crippen LogP contribution in [0.4, 0.5) is 5.95 Å². The van der Waals surface area contributed by atoms with Crippen molar-refractivity contribution in [3.05, 3.63) is 48.7 Å². The van der Waals surface area contributed by atoms with Gasteiger partial charge in [0.1, 0.15) is 5.75 Å².